The molecule has 0 radical (unpaired) electrons. The molecule has 35 heavy (non-hydrogen) atoms. The number of quaternary nitrogens is 1. The van der Waals surface area contributed by atoms with Crippen molar-refractivity contribution in [3.8, 4) is 0 Å². The normalized spacial score (nSPS) is 30.3. The highest BCUT2D eigenvalue weighted by Gasteiger charge is 2.55. The molecule has 3 N–H and O–H groups in total. The molecule has 4 atom stereocenters. The first kappa shape index (κ1) is 21.8. The molecule has 3 aliphatic heterocycles. The number of fused-ring (bicyclic) bond motifs is 5. The zero-order chi connectivity index (χ0) is 24.5. The standard InChI is InChI=1S/C25H21F2N3O5/c26-15-5-4-13(18(27)9-15)10-28-25(33)17-7-14-8-19-22(21(14)24(32)23(17)31)30(34)12-16-3-1-2-6-29(16)11-20(30)35-19/h1-9,16,20,23,31-32H,10-12H2,(H,28,33). The van der Waals surface area contributed by atoms with Gasteiger partial charge in [-0.3, -0.25) is 9.44 Å². The van der Waals surface area contributed by atoms with Gasteiger partial charge in [-0.25, -0.2) is 8.78 Å². The summed E-state index contributed by atoms with van der Waals surface area (Å²) in [6.07, 6.45) is 8.19. The molecule has 0 saturated carbocycles. The summed E-state index contributed by atoms with van der Waals surface area (Å²) >= 11 is 0. The number of allylic oxidation sites excluding steroid dienone is 5. The van der Waals surface area contributed by atoms with E-state index in [-0.39, 0.29) is 41.5 Å². The fourth-order valence-electron chi connectivity index (χ4n) is 5.20. The third-order valence-corrected chi connectivity index (χ3v) is 6.96. The van der Waals surface area contributed by atoms with Crippen molar-refractivity contribution in [1.82, 2.24) is 10.2 Å². The number of aliphatic hydroxyl groups is 2. The van der Waals surface area contributed by atoms with E-state index in [9.17, 15) is 29.0 Å². The lowest BCUT2D eigenvalue weighted by atomic mass is 9.90. The van der Waals surface area contributed by atoms with Crippen molar-refractivity contribution in [2.45, 2.75) is 24.9 Å². The Morgan fingerprint density at radius 3 is 2.91 bits per heavy atom. The molecule has 5 aliphatic rings. The van der Waals surface area contributed by atoms with E-state index < -0.39 is 40.3 Å². The Labute approximate surface area is 198 Å². The number of ether oxygens (including phenoxy) is 1. The number of rotatable bonds is 3. The molecule has 0 bridgehead atoms. The number of carbonyl (C=O) groups excluding carboxylic acids is 1. The van der Waals surface area contributed by atoms with Gasteiger partial charge in [0.2, 0.25) is 0 Å². The number of halogens is 2. The van der Waals surface area contributed by atoms with Crippen molar-refractivity contribution < 1.29 is 33.2 Å². The van der Waals surface area contributed by atoms with Gasteiger partial charge in [-0.05, 0) is 29.9 Å². The average Bonchev–Trinajstić information content (AvgIpc) is 3.32. The van der Waals surface area contributed by atoms with Gasteiger partial charge in [-0.15, -0.1) is 0 Å². The average molecular weight is 481 g/mol. The first-order valence-electron chi connectivity index (χ1n) is 11.1. The van der Waals surface area contributed by atoms with E-state index in [1.807, 2.05) is 29.3 Å². The van der Waals surface area contributed by atoms with E-state index in [4.69, 9.17) is 4.74 Å². The lowest BCUT2D eigenvalue weighted by molar-refractivity contribution is -0.885. The predicted molar refractivity (Wildman–Crippen MR) is 119 cm³/mol. The summed E-state index contributed by atoms with van der Waals surface area (Å²) in [6.45, 7) is 0.287. The molecule has 10 heteroatoms. The fraction of sp³-hybridized carbons (Fsp3) is 0.240. The number of hydroxylamine groups is 3. The molecular weight excluding hydrogens is 460 g/mol. The molecule has 3 heterocycles. The molecule has 1 saturated heterocycles. The second-order valence-electron chi connectivity index (χ2n) is 9.03. The first-order chi connectivity index (χ1) is 16.8. The molecule has 2 aliphatic carbocycles. The van der Waals surface area contributed by atoms with Crippen LogP contribution >= 0.6 is 0 Å². The Kier molecular flexibility index (Phi) is 4.75. The molecule has 1 fully saturated rings. The zero-order valence-electron chi connectivity index (χ0n) is 18.3. The quantitative estimate of drug-likeness (QED) is 0.452. The summed E-state index contributed by atoms with van der Waals surface area (Å²) < 4.78 is 32.2. The van der Waals surface area contributed by atoms with Crippen molar-refractivity contribution in [3.63, 3.8) is 0 Å². The second-order valence-corrected chi connectivity index (χ2v) is 9.03. The van der Waals surface area contributed by atoms with Crippen LogP contribution in [0.4, 0.5) is 8.78 Å². The Hall–Kier alpha value is -3.73. The Morgan fingerprint density at radius 1 is 1.29 bits per heavy atom. The van der Waals surface area contributed by atoms with Crippen LogP contribution in [0.15, 0.2) is 88.7 Å². The van der Waals surface area contributed by atoms with Crippen molar-refractivity contribution in [2.24, 2.45) is 0 Å². The fourth-order valence-corrected chi connectivity index (χ4v) is 5.20. The number of hydrogen-bond acceptors (Lipinski definition) is 6. The van der Waals surface area contributed by atoms with Gasteiger partial charge >= 0.3 is 0 Å². The van der Waals surface area contributed by atoms with Crippen LogP contribution in [-0.2, 0) is 16.1 Å². The molecule has 8 nitrogen and oxygen atoms in total. The number of benzene rings is 1. The van der Waals surface area contributed by atoms with Crippen LogP contribution < -0.4 is 5.32 Å². The Morgan fingerprint density at radius 2 is 2.11 bits per heavy atom. The largest absolute Gasteiger partial charge is 0.624 e. The van der Waals surface area contributed by atoms with Crippen molar-refractivity contribution in [3.05, 3.63) is 111 Å². The zero-order valence-corrected chi connectivity index (χ0v) is 18.3. The van der Waals surface area contributed by atoms with Gasteiger partial charge in [0.05, 0.1) is 17.2 Å². The number of amides is 1. The van der Waals surface area contributed by atoms with E-state index >= 15 is 0 Å². The lowest BCUT2D eigenvalue weighted by Crippen LogP contribution is -2.63. The number of hydrogen-bond donors (Lipinski definition) is 3. The smallest absolute Gasteiger partial charge is 0.256 e. The maximum absolute atomic E-state index is 14.0. The van der Waals surface area contributed by atoms with Crippen molar-refractivity contribution >= 4 is 5.91 Å². The molecule has 180 valence electrons. The second kappa shape index (κ2) is 7.64. The van der Waals surface area contributed by atoms with Crippen LogP contribution in [-0.4, -0.2) is 57.1 Å². The minimum Gasteiger partial charge on any atom is -0.624 e. The van der Waals surface area contributed by atoms with Gasteiger partial charge in [0.25, 0.3) is 12.1 Å². The predicted octanol–water partition coefficient (Wildman–Crippen LogP) is 2.28. The minimum absolute atomic E-state index is 0.0646. The van der Waals surface area contributed by atoms with Gasteiger partial charge in [-0.2, -0.15) is 0 Å². The highest BCUT2D eigenvalue weighted by molar-refractivity contribution is 5.97. The number of nitrogens with zero attached hydrogens (tertiary/aromatic N) is 2. The highest BCUT2D eigenvalue weighted by atomic mass is 19.1. The number of piperazine rings is 1. The lowest BCUT2D eigenvalue weighted by Gasteiger charge is -2.52. The monoisotopic (exact) mass is 481 g/mol. The van der Waals surface area contributed by atoms with Crippen LogP contribution in [0.1, 0.15) is 5.56 Å². The highest BCUT2D eigenvalue weighted by Crippen LogP contribution is 2.50. The van der Waals surface area contributed by atoms with E-state index in [0.29, 0.717) is 23.9 Å². The molecule has 1 amide bonds. The summed E-state index contributed by atoms with van der Waals surface area (Å²) in [7, 11) is 0. The van der Waals surface area contributed by atoms with Gasteiger partial charge in [0, 0.05) is 24.4 Å². The topological polar surface area (TPSA) is 105 Å². The summed E-state index contributed by atoms with van der Waals surface area (Å²) in [4.78, 5) is 14.8. The summed E-state index contributed by atoms with van der Waals surface area (Å²) in [6, 6.07) is 2.86. The summed E-state index contributed by atoms with van der Waals surface area (Å²) in [5.74, 6) is -2.49. The van der Waals surface area contributed by atoms with Crippen LogP contribution in [0.5, 0.6) is 0 Å². The first-order valence-corrected chi connectivity index (χ1v) is 11.1. The molecule has 1 aromatic rings. The van der Waals surface area contributed by atoms with E-state index in [1.165, 1.54) is 12.1 Å². The molecule has 1 aromatic carbocycles. The maximum atomic E-state index is 14.0. The molecule has 4 unspecified atom stereocenters. The van der Waals surface area contributed by atoms with Crippen LogP contribution in [0.25, 0.3) is 0 Å². The van der Waals surface area contributed by atoms with Crippen molar-refractivity contribution in [2.75, 3.05) is 13.1 Å². The molecule has 6 rings (SSSR count). The summed E-state index contributed by atoms with van der Waals surface area (Å²) in [5.41, 5.74) is 0.697. The minimum atomic E-state index is -1.68. The van der Waals surface area contributed by atoms with Crippen LogP contribution in [0, 0.1) is 16.8 Å². The van der Waals surface area contributed by atoms with E-state index in [1.54, 1.807) is 6.08 Å². The summed E-state index contributed by atoms with van der Waals surface area (Å²) in [5, 5.41) is 38.2. The van der Waals surface area contributed by atoms with Gasteiger partial charge in [0.15, 0.2) is 11.5 Å². The van der Waals surface area contributed by atoms with Gasteiger partial charge in [-0.1, -0.05) is 18.2 Å². The van der Waals surface area contributed by atoms with Gasteiger partial charge in [0.1, 0.15) is 36.6 Å². The van der Waals surface area contributed by atoms with Crippen molar-refractivity contribution in [1.29, 1.82) is 0 Å². The third kappa shape index (κ3) is 3.25. The van der Waals surface area contributed by atoms with E-state index in [0.717, 1.165) is 6.07 Å². The van der Waals surface area contributed by atoms with Gasteiger partial charge < -0.3 is 30.4 Å². The van der Waals surface area contributed by atoms with E-state index in [2.05, 4.69) is 5.32 Å². The number of carbonyl (C=O) groups is 1. The van der Waals surface area contributed by atoms with Crippen LogP contribution in [0.2, 0.25) is 0 Å². The third-order valence-electron chi connectivity index (χ3n) is 6.96. The number of nitrogens with one attached hydrogen (secondary N) is 1. The Balaban J connectivity index is 1.25. The molecular formula is C25H21F2N3O5. The number of aliphatic hydroxyl groups excluding tert-OH is 2. The van der Waals surface area contributed by atoms with Crippen LogP contribution in [0.3, 0.4) is 0 Å². The molecule has 0 spiro atoms. The Bertz CT molecular complexity index is 1340. The molecule has 0 aromatic heterocycles. The SMILES string of the molecule is O=C(NCc1ccc(F)cc1F)C1=CC2=CC3=C(C2=C(O)C1O)[N+]1([O-])CC2C=CC=CN2CC1O3. The maximum Gasteiger partial charge on any atom is 0.256 e.